The highest BCUT2D eigenvalue weighted by Gasteiger charge is 2.34. The van der Waals surface area contributed by atoms with Crippen molar-refractivity contribution in [1.82, 2.24) is 14.5 Å². The highest BCUT2D eigenvalue weighted by Crippen LogP contribution is 2.35. The van der Waals surface area contributed by atoms with E-state index in [4.69, 9.17) is 23.2 Å². The average Bonchev–Trinajstić information content (AvgIpc) is 3.10. The summed E-state index contributed by atoms with van der Waals surface area (Å²) >= 11 is 12.9. The first-order valence-corrected chi connectivity index (χ1v) is 11.5. The third-order valence-electron chi connectivity index (χ3n) is 6.35. The van der Waals surface area contributed by atoms with Crippen LogP contribution in [0.2, 0.25) is 10.0 Å². The molecule has 4 rings (SSSR count). The van der Waals surface area contributed by atoms with Gasteiger partial charge in [0.1, 0.15) is 11.3 Å². The number of fused-ring (bicyclic) bond motifs is 1. The second kappa shape index (κ2) is 8.89. The normalized spacial score (nSPS) is 15.2. The Bertz CT molecular complexity index is 1310. The number of likely N-dealkylation sites (tertiary alicyclic amines) is 1. The summed E-state index contributed by atoms with van der Waals surface area (Å²) < 4.78 is 41.0. The lowest BCUT2D eigenvalue weighted by molar-refractivity contribution is -0.141. The van der Waals surface area contributed by atoms with Gasteiger partial charge in [0.2, 0.25) is 5.78 Å². The second-order valence-electron chi connectivity index (χ2n) is 8.74. The third kappa shape index (κ3) is 4.29. The summed E-state index contributed by atoms with van der Waals surface area (Å²) in [6, 6.07) is 5.33. The molecule has 1 saturated heterocycles. The minimum atomic E-state index is -4.62. The molecule has 5 nitrogen and oxygen atoms in total. The predicted molar refractivity (Wildman–Crippen MR) is 125 cm³/mol. The predicted octanol–water partition coefficient (Wildman–Crippen LogP) is 6.31. The number of rotatable bonds is 3. The zero-order valence-corrected chi connectivity index (χ0v) is 20.3. The maximum Gasteiger partial charge on any atom is 0.433 e. The molecule has 0 atom stereocenters. The molecule has 180 valence electrons. The van der Waals surface area contributed by atoms with Crippen LogP contribution in [0.3, 0.4) is 0 Å². The summed E-state index contributed by atoms with van der Waals surface area (Å²) in [6.45, 7) is 4.84. The molecule has 0 spiro atoms. The molecule has 0 bridgehead atoms. The van der Waals surface area contributed by atoms with Crippen LogP contribution in [0.25, 0.3) is 11.0 Å². The van der Waals surface area contributed by atoms with Gasteiger partial charge in [0.15, 0.2) is 0 Å². The number of nitrogens with zero attached hydrogens (tertiary/aromatic N) is 3. The number of amides is 1. The Balaban J connectivity index is 1.77. The zero-order chi connectivity index (χ0) is 24.9. The lowest BCUT2D eigenvalue weighted by Gasteiger charge is -2.30. The summed E-state index contributed by atoms with van der Waals surface area (Å²) in [6.07, 6.45) is -2.86. The van der Waals surface area contributed by atoms with Crippen LogP contribution < -0.4 is 0 Å². The van der Waals surface area contributed by atoms with Crippen molar-refractivity contribution in [2.45, 2.75) is 32.9 Å². The Kier molecular flexibility index (Phi) is 6.42. The van der Waals surface area contributed by atoms with E-state index in [-0.39, 0.29) is 38.4 Å². The van der Waals surface area contributed by atoms with Crippen LogP contribution >= 0.6 is 23.2 Å². The molecule has 34 heavy (non-hydrogen) atoms. The number of alkyl halides is 3. The molecular formula is C24H22Cl2F3N3O2. The Morgan fingerprint density at radius 3 is 2.38 bits per heavy atom. The van der Waals surface area contributed by atoms with Gasteiger partial charge in [0.05, 0.1) is 26.9 Å². The Hall–Kier alpha value is -2.58. The van der Waals surface area contributed by atoms with E-state index in [1.165, 1.54) is 36.7 Å². The summed E-state index contributed by atoms with van der Waals surface area (Å²) in [5.74, 6) is -0.361. The first-order valence-electron chi connectivity index (χ1n) is 10.8. The number of piperidine rings is 1. The number of ketones is 1. The van der Waals surface area contributed by atoms with Gasteiger partial charge in [-0.1, -0.05) is 30.1 Å². The fourth-order valence-corrected chi connectivity index (χ4v) is 4.87. The minimum Gasteiger partial charge on any atom is -0.339 e. The maximum atomic E-state index is 13.5. The van der Waals surface area contributed by atoms with E-state index in [9.17, 15) is 22.8 Å². The molecule has 1 amide bonds. The molecule has 1 aliphatic heterocycles. The van der Waals surface area contributed by atoms with Crippen LogP contribution in [-0.4, -0.2) is 39.2 Å². The van der Waals surface area contributed by atoms with Gasteiger partial charge in [-0.3, -0.25) is 9.59 Å². The lowest BCUT2D eigenvalue weighted by atomic mass is 9.98. The van der Waals surface area contributed by atoms with E-state index < -0.39 is 17.7 Å². The summed E-state index contributed by atoms with van der Waals surface area (Å²) in [5.41, 5.74) is -0.553. The number of aryl methyl sites for hydroxylation is 2. The van der Waals surface area contributed by atoms with E-state index in [1.54, 1.807) is 4.90 Å². The van der Waals surface area contributed by atoms with Gasteiger partial charge in [-0.25, -0.2) is 4.98 Å². The molecule has 1 aliphatic rings. The molecule has 0 N–H and O–H groups in total. The van der Waals surface area contributed by atoms with Gasteiger partial charge < -0.3 is 9.47 Å². The van der Waals surface area contributed by atoms with Crippen molar-refractivity contribution in [3.05, 3.63) is 62.4 Å². The van der Waals surface area contributed by atoms with E-state index in [1.807, 2.05) is 0 Å². The van der Waals surface area contributed by atoms with E-state index in [0.717, 1.165) is 18.9 Å². The number of carbonyl (C=O) groups is 2. The van der Waals surface area contributed by atoms with E-state index in [2.05, 4.69) is 11.9 Å². The van der Waals surface area contributed by atoms with Crippen molar-refractivity contribution in [2.75, 3.05) is 13.1 Å². The quantitative estimate of drug-likeness (QED) is 0.387. The summed E-state index contributed by atoms with van der Waals surface area (Å²) in [5, 5.41) is 0.373. The molecule has 0 radical (unpaired) electrons. The topological polar surface area (TPSA) is 55.2 Å². The molecule has 0 unspecified atom stereocenters. The smallest absolute Gasteiger partial charge is 0.339 e. The molecule has 2 aromatic heterocycles. The van der Waals surface area contributed by atoms with Crippen molar-refractivity contribution in [1.29, 1.82) is 0 Å². The number of pyridine rings is 1. The average molecular weight is 512 g/mol. The van der Waals surface area contributed by atoms with Crippen molar-refractivity contribution in [3.8, 4) is 0 Å². The van der Waals surface area contributed by atoms with Crippen LogP contribution in [0.1, 0.15) is 57.4 Å². The van der Waals surface area contributed by atoms with Crippen LogP contribution in [0.15, 0.2) is 24.3 Å². The van der Waals surface area contributed by atoms with Gasteiger partial charge in [-0.05, 0) is 55.5 Å². The number of halogens is 5. The number of carbonyl (C=O) groups excluding carboxylic acids is 2. The number of hydrogen-bond donors (Lipinski definition) is 0. The second-order valence-corrected chi connectivity index (χ2v) is 9.52. The zero-order valence-electron chi connectivity index (χ0n) is 18.8. The van der Waals surface area contributed by atoms with Gasteiger partial charge in [-0.2, -0.15) is 13.2 Å². The molecule has 3 heterocycles. The number of benzene rings is 1. The first kappa shape index (κ1) is 24.5. The van der Waals surface area contributed by atoms with Crippen LogP contribution in [-0.2, 0) is 13.2 Å². The standard InChI is InChI=1S/C24H22Cl2F3N3O2/c1-12-6-8-32(9-7-12)23(34)14-4-5-16(25)19(20(14)26)21(33)17-11-15-13(2)10-18(24(27,28)29)30-22(15)31(17)3/h4-5,10-12H,6-9H2,1-3H3. The first-order chi connectivity index (χ1) is 15.9. The molecule has 3 aromatic rings. The Labute approximate surface area is 204 Å². The van der Waals surface area contributed by atoms with Gasteiger partial charge in [-0.15, -0.1) is 0 Å². The van der Waals surface area contributed by atoms with Gasteiger partial charge in [0, 0.05) is 25.5 Å². The maximum absolute atomic E-state index is 13.5. The number of hydrogen-bond acceptors (Lipinski definition) is 3. The molecule has 1 aromatic carbocycles. The fraction of sp³-hybridized carbons (Fsp3) is 0.375. The SMILES string of the molecule is Cc1cc(C(F)(F)F)nc2c1cc(C(=O)c1c(Cl)ccc(C(=O)N3CCC(C)CC3)c1Cl)n2C. The minimum absolute atomic E-state index is 0.0117. The fourth-order valence-electron chi connectivity index (χ4n) is 4.25. The molecule has 0 saturated carbocycles. The summed E-state index contributed by atoms with van der Waals surface area (Å²) in [7, 11) is 1.45. The number of aromatic nitrogens is 2. The highest BCUT2D eigenvalue weighted by atomic mass is 35.5. The van der Waals surface area contributed by atoms with Gasteiger partial charge in [0.25, 0.3) is 5.91 Å². The Morgan fingerprint density at radius 1 is 1.12 bits per heavy atom. The van der Waals surface area contributed by atoms with Crippen molar-refractivity contribution in [2.24, 2.45) is 13.0 Å². The largest absolute Gasteiger partial charge is 0.433 e. The van der Waals surface area contributed by atoms with Crippen LogP contribution in [0, 0.1) is 12.8 Å². The highest BCUT2D eigenvalue weighted by molar-refractivity contribution is 6.42. The van der Waals surface area contributed by atoms with Gasteiger partial charge >= 0.3 is 6.18 Å². The van der Waals surface area contributed by atoms with Crippen molar-refractivity contribution >= 4 is 45.9 Å². The van der Waals surface area contributed by atoms with Crippen molar-refractivity contribution in [3.63, 3.8) is 0 Å². The molecular weight excluding hydrogens is 490 g/mol. The lowest BCUT2D eigenvalue weighted by Crippen LogP contribution is -2.38. The molecule has 1 fully saturated rings. The van der Waals surface area contributed by atoms with Crippen molar-refractivity contribution < 1.29 is 22.8 Å². The molecule has 10 heteroatoms. The van der Waals surface area contributed by atoms with Crippen LogP contribution in [0.5, 0.6) is 0 Å². The van der Waals surface area contributed by atoms with Crippen LogP contribution in [0.4, 0.5) is 13.2 Å². The third-order valence-corrected chi connectivity index (χ3v) is 7.06. The monoisotopic (exact) mass is 511 g/mol. The molecule has 0 aliphatic carbocycles. The van der Waals surface area contributed by atoms with E-state index in [0.29, 0.717) is 30.0 Å². The summed E-state index contributed by atoms with van der Waals surface area (Å²) in [4.78, 5) is 32.0. The van der Waals surface area contributed by atoms with E-state index >= 15 is 0 Å². The Morgan fingerprint density at radius 2 is 1.76 bits per heavy atom.